The van der Waals surface area contributed by atoms with Crippen LogP contribution < -0.4 is 0 Å². The Labute approximate surface area is 108 Å². The molecule has 0 unspecified atom stereocenters. The molecule has 4 heteroatoms. The Morgan fingerprint density at radius 2 is 1.89 bits per heavy atom. The van der Waals surface area contributed by atoms with Crippen LogP contribution in [0.4, 0.5) is 0 Å². The monoisotopic (exact) mass is 252 g/mol. The normalized spacial score (nSPS) is 27.2. The maximum Gasteiger partial charge on any atom is 0.330 e. The molecule has 1 aliphatic heterocycles. The third-order valence-corrected chi connectivity index (χ3v) is 2.56. The molecule has 4 nitrogen and oxygen atoms in total. The molecule has 0 aromatic carbocycles. The first-order chi connectivity index (χ1) is 8.58. The number of hydrogen-bond donors (Lipinski definition) is 0. The second kappa shape index (κ2) is 7.69. The fourth-order valence-electron chi connectivity index (χ4n) is 1.47. The summed E-state index contributed by atoms with van der Waals surface area (Å²) in [7, 11) is 0. The van der Waals surface area contributed by atoms with Crippen molar-refractivity contribution in [3.05, 3.63) is 24.3 Å². The molecule has 0 bridgehead atoms. The lowest BCUT2D eigenvalue weighted by molar-refractivity contribution is -0.144. The van der Waals surface area contributed by atoms with E-state index in [9.17, 15) is 9.59 Å². The minimum atomic E-state index is -0.323. The average molecular weight is 252 g/mol. The fraction of sp³-hybridized carbons (Fsp3) is 0.571. The number of allylic oxidation sites excluding steroid dienone is 1. The Kier molecular flexibility index (Phi) is 6.19. The van der Waals surface area contributed by atoms with Gasteiger partial charge in [0.2, 0.25) is 0 Å². The van der Waals surface area contributed by atoms with Gasteiger partial charge in [-0.3, -0.25) is 4.79 Å². The lowest BCUT2D eigenvalue weighted by atomic mass is 10.1. The van der Waals surface area contributed by atoms with Crippen molar-refractivity contribution in [1.82, 2.24) is 0 Å². The highest BCUT2D eigenvalue weighted by molar-refractivity contribution is 5.81. The van der Waals surface area contributed by atoms with E-state index < -0.39 is 0 Å². The van der Waals surface area contributed by atoms with Crippen LogP contribution in [-0.4, -0.2) is 25.2 Å². The molecule has 0 aromatic heterocycles. The lowest BCUT2D eigenvalue weighted by Crippen LogP contribution is -2.12. The van der Waals surface area contributed by atoms with Crippen molar-refractivity contribution in [2.75, 3.05) is 13.2 Å². The van der Waals surface area contributed by atoms with Gasteiger partial charge in [-0.2, -0.15) is 0 Å². The highest BCUT2D eigenvalue weighted by Crippen LogP contribution is 2.07. The zero-order valence-electron chi connectivity index (χ0n) is 10.9. The van der Waals surface area contributed by atoms with Gasteiger partial charge >= 0.3 is 11.9 Å². The first kappa shape index (κ1) is 14.5. The van der Waals surface area contributed by atoms with Gasteiger partial charge in [0.05, 0.1) is 19.6 Å². The van der Waals surface area contributed by atoms with Crippen molar-refractivity contribution in [2.45, 2.75) is 26.7 Å². The third-order valence-electron chi connectivity index (χ3n) is 2.56. The van der Waals surface area contributed by atoms with Gasteiger partial charge in [0.25, 0.3) is 0 Å². The van der Waals surface area contributed by atoms with Crippen molar-refractivity contribution in [3.8, 4) is 0 Å². The Balaban J connectivity index is 2.59. The van der Waals surface area contributed by atoms with Gasteiger partial charge < -0.3 is 9.47 Å². The van der Waals surface area contributed by atoms with E-state index in [1.54, 1.807) is 12.2 Å². The van der Waals surface area contributed by atoms with Crippen LogP contribution in [0, 0.1) is 11.8 Å². The average Bonchev–Trinajstić information content (AvgIpc) is 2.33. The van der Waals surface area contributed by atoms with E-state index in [0.717, 1.165) is 0 Å². The predicted molar refractivity (Wildman–Crippen MR) is 67.8 cm³/mol. The fourth-order valence-corrected chi connectivity index (χ4v) is 1.47. The quantitative estimate of drug-likeness (QED) is 0.490. The Bertz CT molecular complexity index is 344. The minimum absolute atomic E-state index is 0.0945. The van der Waals surface area contributed by atoms with Crippen molar-refractivity contribution in [3.63, 3.8) is 0 Å². The zero-order valence-corrected chi connectivity index (χ0v) is 10.9. The standard InChI is InChI=1S/C14H20O4/c1-11-5-3-7-14(16)18-10-12(2)6-4-8-13(15)17-9-11/h3-5,8,11-12H,6-7,9-10H2,1-2H3/t11-,12-/m0/s1. The second-order valence-corrected chi connectivity index (χ2v) is 4.67. The maximum atomic E-state index is 11.4. The van der Waals surface area contributed by atoms with Crippen LogP contribution in [0.5, 0.6) is 0 Å². The summed E-state index contributed by atoms with van der Waals surface area (Å²) in [6.45, 7) is 4.59. The van der Waals surface area contributed by atoms with Gasteiger partial charge in [0, 0.05) is 12.0 Å². The van der Waals surface area contributed by atoms with Crippen LogP contribution >= 0.6 is 0 Å². The van der Waals surface area contributed by atoms with Crippen LogP contribution in [0.3, 0.4) is 0 Å². The van der Waals surface area contributed by atoms with Crippen LogP contribution in [-0.2, 0) is 19.1 Å². The summed E-state index contributed by atoms with van der Waals surface area (Å²) in [6.07, 6.45) is 7.75. The summed E-state index contributed by atoms with van der Waals surface area (Å²) in [4.78, 5) is 22.7. The molecular weight excluding hydrogens is 232 g/mol. The summed E-state index contributed by atoms with van der Waals surface area (Å²) >= 11 is 0. The maximum absolute atomic E-state index is 11.4. The molecule has 1 heterocycles. The van der Waals surface area contributed by atoms with Crippen LogP contribution in [0.15, 0.2) is 24.3 Å². The van der Waals surface area contributed by atoms with E-state index in [0.29, 0.717) is 19.6 Å². The molecule has 0 amide bonds. The number of cyclic esters (lactones) is 2. The first-order valence-corrected chi connectivity index (χ1v) is 6.23. The van der Waals surface area contributed by atoms with E-state index in [1.807, 2.05) is 19.9 Å². The highest BCUT2D eigenvalue weighted by atomic mass is 16.5. The number of rotatable bonds is 0. The predicted octanol–water partition coefficient (Wildman–Crippen LogP) is 2.25. The SMILES string of the molecule is C[C@H]1CC=CC(=O)OC[C@@H](C)C=CCC(=O)OC1. The van der Waals surface area contributed by atoms with Gasteiger partial charge in [-0.1, -0.05) is 32.1 Å². The molecule has 100 valence electrons. The number of carbonyl (C=O) groups excluding carboxylic acids is 2. The number of esters is 2. The summed E-state index contributed by atoms with van der Waals surface area (Å²) in [5.74, 6) is -0.249. The van der Waals surface area contributed by atoms with Gasteiger partial charge in [-0.15, -0.1) is 0 Å². The molecule has 0 spiro atoms. The van der Waals surface area contributed by atoms with Crippen LogP contribution in [0.2, 0.25) is 0 Å². The molecule has 0 aliphatic carbocycles. The van der Waals surface area contributed by atoms with Gasteiger partial charge in [-0.05, 0) is 12.3 Å². The molecule has 0 saturated heterocycles. The molecule has 0 radical (unpaired) electrons. The number of carbonyl (C=O) groups is 2. The smallest absolute Gasteiger partial charge is 0.330 e. The second-order valence-electron chi connectivity index (χ2n) is 4.67. The first-order valence-electron chi connectivity index (χ1n) is 6.23. The summed E-state index contributed by atoms with van der Waals surface area (Å²) in [5, 5.41) is 0. The summed E-state index contributed by atoms with van der Waals surface area (Å²) < 4.78 is 10.2. The van der Waals surface area contributed by atoms with E-state index in [-0.39, 0.29) is 30.2 Å². The van der Waals surface area contributed by atoms with Crippen molar-refractivity contribution in [2.24, 2.45) is 11.8 Å². The molecule has 2 atom stereocenters. The Hall–Kier alpha value is -1.58. The Morgan fingerprint density at radius 1 is 1.11 bits per heavy atom. The topological polar surface area (TPSA) is 52.6 Å². The van der Waals surface area contributed by atoms with Crippen LogP contribution in [0.25, 0.3) is 0 Å². The molecule has 0 saturated carbocycles. The van der Waals surface area contributed by atoms with Gasteiger partial charge in [-0.25, -0.2) is 4.79 Å². The molecule has 1 rings (SSSR count). The summed E-state index contributed by atoms with van der Waals surface area (Å²) in [5.41, 5.74) is 0. The van der Waals surface area contributed by atoms with Gasteiger partial charge in [0.1, 0.15) is 0 Å². The molecule has 1 aliphatic rings. The van der Waals surface area contributed by atoms with E-state index in [1.165, 1.54) is 6.08 Å². The third kappa shape index (κ3) is 6.23. The number of hydrogen-bond acceptors (Lipinski definition) is 4. The van der Waals surface area contributed by atoms with E-state index in [4.69, 9.17) is 9.47 Å². The lowest BCUT2D eigenvalue weighted by Gasteiger charge is -2.10. The number of ether oxygens (including phenoxy) is 2. The Morgan fingerprint density at radius 3 is 2.67 bits per heavy atom. The van der Waals surface area contributed by atoms with Gasteiger partial charge in [0.15, 0.2) is 0 Å². The van der Waals surface area contributed by atoms with E-state index in [2.05, 4.69) is 0 Å². The molecular formula is C14H20O4. The van der Waals surface area contributed by atoms with Crippen molar-refractivity contribution < 1.29 is 19.1 Å². The summed E-state index contributed by atoms with van der Waals surface area (Å²) in [6, 6.07) is 0. The zero-order chi connectivity index (χ0) is 13.4. The minimum Gasteiger partial charge on any atom is -0.465 e. The van der Waals surface area contributed by atoms with Crippen molar-refractivity contribution in [1.29, 1.82) is 0 Å². The molecule has 0 aromatic rings. The highest BCUT2D eigenvalue weighted by Gasteiger charge is 2.07. The molecule has 0 fully saturated rings. The largest absolute Gasteiger partial charge is 0.465 e. The molecule has 0 N–H and O–H groups in total. The molecule has 18 heavy (non-hydrogen) atoms. The van der Waals surface area contributed by atoms with Crippen molar-refractivity contribution >= 4 is 11.9 Å². The van der Waals surface area contributed by atoms with Crippen LogP contribution in [0.1, 0.15) is 26.7 Å². The van der Waals surface area contributed by atoms with E-state index >= 15 is 0 Å².